The largest absolute Gasteiger partial charge is 0.384 e. The molecule has 2 rings (SSSR count). The number of hydrogen-bond donors (Lipinski definition) is 2. The molecule has 0 unspecified atom stereocenters. The molecule has 0 fully saturated rings. The first kappa shape index (κ1) is 9.70. The van der Waals surface area contributed by atoms with Crippen molar-refractivity contribution >= 4 is 5.82 Å². The second kappa shape index (κ2) is 3.72. The maximum Gasteiger partial charge on any atom is 0.133 e. The topological polar surface area (TPSA) is 85.4 Å². The van der Waals surface area contributed by atoms with Crippen LogP contribution in [0.3, 0.4) is 0 Å². The SMILES string of the molecule is CCCc1c(-c2cn[nH]n2)nn(C)c1N. The van der Waals surface area contributed by atoms with E-state index in [9.17, 15) is 0 Å². The van der Waals surface area contributed by atoms with Crippen molar-refractivity contribution in [2.75, 3.05) is 5.73 Å². The molecule has 3 N–H and O–H groups in total. The molecule has 0 aliphatic rings. The summed E-state index contributed by atoms with van der Waals surface area (Å²) in [5.41, 5.74) is 8.55. The fraction of sp³-hybridized carbons (Fsp3) is 0.444. The lowest BCUT2D eigenvalue weighted by atomic mass is 10.1. The fourth-order valence-electron chi connectivity index (χ4n) is 1.60. The van der Waals surface area contributed by atoms with E-state index in [0.717, 1.165) is 29.8 Å². The average Bonchev–Trinajstić information content (AvgIpc) is 2.81. The molecule has 0 aromatic carbocycles. The van der Waals surface area contributed by atoms with Gasteiger partial charge < -0.3 is 5.73 Å². The predicted octanol–water partition coefficient (Wildman–Crippen LogP) is 0.740. The molecule has 0 saturated carbocycles. The maximum absolute atomic E-state index is 5.94. The standard InChI is InChI=1S/C9H14N6/c1-3-4-6-8(7-5-11-14-12-7)13-15(2)9(6)10/h5H,3-4,10H2,1-2H3,(H,11,12,14). The molecule has 2 aromatic heterocycles. The van der Waals surface area contributed by atoms with Crippen molar-refractivity contribution in [1.29, 1.82) is 0 Å². The fourth-order valence-corrected chi connectivity index (χ4v) is 1.60. The van der Waals surface area contributed by atoms with E-state index in [1.807, 2.05) is 7.05 Å². The van der Waals surface area contributed by atoms with Crippen molar-refractivity contribution in [3.05, 3.63) is 11.8 Å². The van der Waals surface area contributed by atoms with Crippen molar-refractivity contribution in [3.63, 3.8) is 0 Å². The number of aryl methyl sites for hydroxylation is 1. The van der Waals surface area contributed by atoms with Gasteiger partial charge in [-0.25, -0.2) is 0 Å². The molecule has 0 bridgehead atoms. The Balaban J connectivity index is 2.51. The summed E-state index contributed by atoms with van der Waals surface area (Å²) in [7, 11) is 1.83. The predicted molar refractivity (Wildman–Crippen MR) is 57.0 cm³/mol. The summed E-state index contributed by atoms with van der Waals surface area (Å²) in [4.78, 5) is 0. The maximum atomic E-state index is 5.94. The quantitative estimate of drug-likeness (QED) is 0.775. The molecular weight excluding hydrogens is 192 g/mol. The van der Waals surface area contributed by atoms with Gasteiger partial charge in [0.05, 0.1) is 6.20 Å². The zero-order valence-corrected chi connectivity index (χ0v) is 8.86. The van der Waals surface area contributed by atoms with Crippen LogP contribution in [-0.2, 0) is 13.5 Å². The highest BCUT2D eigenvalue weighted by Crippen LogP contribution is 2.25. The van der Waals surface area contributed by atoms with Crippen molar-refractivity contribution in [1.82, 2.24) is 25.2 Å². The summed E-state index contributed by atoms with van der Waals surface area (Å²) in [5.74, 6) is 0.704. The Morgan fingerprint density at radius 1 is 1.53 bits per heavy atom. The summed E-state index contributed by atoms with van der Waals surface area (Å²) in [6.07, 6.45) is 3.59. The summed E-state index contributed by atoms with van der Waals surface area (Å²) >= 11 is 0. The molecule has 6 nitrogen and oxygen atoms in total. The molecular formula is C9H14N6. The van der Waals surface area contributed by atoms with Gasteiger partial charge >= 0.3 is 0 Å². The highest BCUT2D eigenvalue weighted by Gasteiger charge is 2.16. The minimum atomic E-state index is 0.704. The van der Waals surface area contributed by atoms with Crippen molar-refractivity contribution < 1.29 is 0 Å². The molecule has 2 heterocycles. The summed E-state index contributed by atoms with van der Waals surface area (Å²) < 4.78 is 1.68. The number of rotatable bonds is 3. The molecule has 80 valence electrons. The Bertz CT molecular complexity index is 441. The first-order valence-electron chi connectivity index (χ1n) is 4.91. The highest BCUT2D eigenvalue weighted by atomic mass is 15.3. The van der Waals surface area contributed by atoms with Gasteiger partial charge in [-0.05, 0) is 6.42 Å². The average molecular weight is 206 g/mol. The number of aromatic nitrogens is 5. The molecule has 0 aliphatic carbocycles. The van der Waals surface area contributed by atoms with Crippen LogP contribution in [0.5, 0.6) is 0 Å². The molecule has 0 aliphatic heterocycles. The third-order valence-corrected chi connectivity index (χ3v) is 2.35. The number of nitrogens with one attached hydrogen (secondary N) is 1. The van der Waals surface area contributed by atoms with Crippen LogP contribution in [0.15, 0.2) is 6.20 Å². The lowest BCUT2D eigenvalue weighted by molar-refractivity contribution is 0.780. The van der Waals surface area contributed by atoms with Gasteiger partial charge in [-0.2, -0.15) is 20.5 Å². The Kier molecular flexibility index (Phi) is 2.40. The smallest absolute Gasteiger partial charge is 0.133 e. The third kappa shape index (κ3) is 1.58. The number of hydrogen-bond acceptors (Lipinski definition) is 4. The van der Waals surface area contributed by atoms with Crippen LogP contribution in [-0.4, -0.2) is 25.2 Å². The Morgan fingerprint density at radius 2 is 2.33 bits per heavy atom. The van der Waals surface area contributed by atoms with Crippen LogP contribution in [0.1, 0.15) is 18.9 Å². The van der Waals surface area contributed by atoms with E-state index >= 15 is 0 Å². The Hall–Kier alpha value is -1.85. The van der Waals surface area contributed by atoms with E-state index < -0.39 is 0 Å². The molecule has 15 heavy (non-hydrogen) atoms. The normalized spacial score (nSPS) is 10.8. The highest BCUT2D eigenvalue weighted by molar-refractivity contribution is 5.64. The van der Waals surface area contributed by atoms with Crippen molar-refractivity contribution in [2.45, 2.75) is 19.8 Å². The first-order chi connectivity index (χ1) is 7.24. The van der Waals surface area contributed by atoms with Crippen LogP contribution < -0.4 is 5.73 Å². The van der Waals surface area contributed by atoms with Crippen LogP contribution in [0.25, 0.3) is 11.4 Å². The van der Waals surface area contributed by atoms with Gasteiger partial charge in [0.25, 0.3) is 0 Å². The summed E-state index contributed by atoms with van der Waals surface area (Å²) in [5, 5.41) is 14.7. The van der Waals surface area contributed by atoms with Gasteiger partial charge in [-0.3, -0.25) is 4.68 Å². The number of aromatic amines is 1. The van der Waals surface area contributed by atoms with Gasteiger partial charge in [-0.15, -0.1) is 0 Å². The van der Waals surface area contributed by atoms with Crippen LogP contribution in [0.2, 0.25) is 0 Å². The van der Waals surface area contributed by atoms with E-state index in [0.29, 0.717) is 5.82 Å². The second-order valence-electron chi connectivity index (χ2n) is 3.44. The van der Waals surface area contributed by atoms with Crippen LogP contribution in [0, 0.1) is 0 Å². The van der Waals surface area contributed by atoms with Crippen LogP contribution >= 0.6 is 0 Å². The van der Waals surface area contributed by atoms with Gasteiger partial charge in [0.1, 0.15) is 17.2 Å². The summed E-state index contributed by atoms with van der Waals surface area (Å²) in [6.45, 7) is 2.11. The number of nitrogens with zero attached hydrogens (tertiary/aromatic N) is 4. The van der Waals surface area contributed by atoms with Crippen molar-refractivity contribution in [2.24, 2.45) is 7.05 Å². The van der Waals surface area contributed by atoms with E-state index in [4.69, 9.17) is 5.73 Å². The number of anilines is 1. The Labute approximate surface area is 87.5 Å². The lowest BCUT2D eigenvalue weighted by Crippen LogP contribution is -1.99. The second-order valence-corrected chi connectivity index (χ2v) is 3.44. The molecule has 0 radical (unpaired) electrons. The van der Waals surface area contributed by atoms with Crippen LogP contribution in [0.4, 0.5) is 5.82 Å². The molecule has 0 atom stereocenters. The third-order valence-electron chi connectivity index (χ3n) is 2.35. The van der Waals surface area contributed by atoms with Gasteiger partial charge in [-0.1, -0.05) is 13.3 Å². The molecule has 0 amide bonds. The summed E-state index contributed by atoms with van der Waals surface area (Å²) in [6, 6.07) is 0. The van der Waals surface area contributed by atoms with E-state index in [1.54, 1.807) is 10.9 Å². The number of nitrogen functional groups attached to an aromatic ring is 1. The molecule has 0 saturated heterocycles. The zero-order valence-electron chi connectivity index (χ0n) is 8.86. The molecule has 6 heteroatoms. The molecule has 2 aromatic rings. The van der Waals surface area contributed by atoms with Gasteiger partial charge in [0.2, 0.25) is 0 Å². The van der Waals surface area contributed by atoms with Gasteiger partial charge in [0, 0.05) is 12.6 Å². The van der Waals surface area contributed by atoms with E-state index in [1.165, 1.54) is 0 Å². The lowest BCUT2D eigenvalue weighted by Gasteiger charge is -1.98. The minimum Gasteiger partial charge on any atom is -0.384 e. The van der Waals surface area contributed by atoms with Gasteiger partial charge in [0.15, 0.2) is 0 Å². The van der Waals surface area contributed by atoms with Crippen molar-refractivity contribution in [3.8, 4) is 11.4 Å². The monoisotopic (exact) mass is 206 g/mol. The number of H-pyrrole nitrogens is 1. The minimum absolute atomic E-state index is 0.704. The molecule has 0 spiro atoms. The Morgan fingerprint density at radius 3 is 2.93 bits per heavy atom. The zero-order chi connectivity index (χ0) is 10.8. The van der Waals surface area contributed by atoms with E-state index in [-0.39, 0.29) is 0 Å². The number of nitrogens with two attached hydrogens (primary N) is 1. The first-order valence-corrected chi connectivity index (χ1v) is 4.91. The van der Waals surface area contributed by atoms with E-state index in [2.05, 4.69) is 27.4 Å².